The summed E-state index contributed by atoms with van der Waals surface area (Å²) in [5.74, 6) is 1.58. The largest absolute Gasteiger partial charge is 0.507 e. The van der Waals surface area contributed by atoms with Gasteiger partial charge in [0.1, 0.15) is 23.8 Å². The van der Waals surface area contributed by atoms with Gasteiger partial charge in [0.25, 0.3) is 0 Å². The third-order valence-corrected chi connectivity index (χ3v) is 17.1. The van der Waals surface area contributed by atoms with Gasteiger partial charge >= 0.3 is 0 Å². The zero-order valence-corrected chi connectivity index (χ0v) is 44.4. The minimum absolute atomic E-state index is 0.0646. The number of aliphatic hydroxyl groups is 1. The summed E-state index contributed by atoms with van der Waals surface area (Å²) in [5.41, 5.74) is 11.0. The van der Waals surface area contributed by atoms with E-state index in [1.807, 2.05) is 51.2 Å². The first-order valence-electron chi connectivity index (χ1n) is 27.8. The van der Waals surface area contributed by atoms with Crippen LogP contribution in [0.1, 0.15) is 107 Å². The van der Waals surface area contributed by atoms with E-state index in [0.717, 1.165) is 120 Å². The lowest BCUT2D eigenvalue weighted by Gasteiger charge is -2.43. The molecule has 1 aliphatic carbocycles. The number of nitrogen functional groups attached to an aromatic ring is 1. The maximum atomic E-state index is 14.3. The fraction of sp³-hybridized carbons (Fsp3) is 0.534. The molecular formula is C58H72N12O7. The molecule has 2 aromatic carbocycles. The number of hydrogen-bond acceptors (Lipinski definition) is 17. The molecule has 0 spiro atoms. The number of amides is 2. The van der Waals surface area contributed by atoms with Crippen molar-refractivity contribution in [2.24, 2.45) is 11.8 Å². The Morgan fingerprint density at radius 1 is 0.857 bits per heavy atom. The molecule has 3 aromatic heterocycles. The molecule has 6 atom stereocenters. The molecule has 11 rings (SSSR count). The Morgan fingerprint density at radius 2 is 1.60 bits per heavy atom. The van der Waals surface area contributed by atoms with Crippen molar-refractivity contribution in [1.29, 1.82) is 5.26 Å². The summed E-state index contributed by atoms with van der Waals surface area (Å²) in [5, 5.41) is 46.4. The SMILES string of the molecule is CC(C)[C@@H](C(=O)N1C[C@H](O)C[C@H]1C(=O)N[C@@H](C)c1ccc(C#N)cc1)c1cc(N2CCC(CN3CCC(OC4CC(Oc5cc(N6C7CC[C@@H]6CN(c6cc(-c8ccccc8O)nnc6N)C7)ccn5)C4)CC3)CC2)no1. The number of aromatic nitrogens is 4. The molecule has 1 saturated carbocycles. The topological polar surface area (TPSA) is 236 Å². The monoisotopic (exact) mass is 1050 g/mol. The molecule has 77 heavy (non-hydrogen) atoms. The van der Waals surface area contributed by atoms with Gasteiger partial charge in [0.2, 0.25) is 17.7 Å². The van der Waals surface area contributed by atoms with E-state index in [1.54, 1.807) is 36.4 Å². The Balaban J connectivity index is 0.600. The summed E-state index contributed by atoms with van der Waals surface area (Å²) in [6, 6.07) is 23.7. The summed E-state index contributed by atoms with van der Waals surface area (Å²) >= 11 is 0. The Morgan fingerprint density at radius 3 is 2.31 bits per heavy atom. The van der Waals surface area contributed by atoms with Crippen molar-refractivity contribution >= 4 is 34.8 Å². The predicted octanol–water partition coefficient (Wildman–Crippen LogP) is 6.43. The van der Waals surface area contributed by atoms with Gasteiger partial charge in [0.15, 0.2) is 17.4 Å². The second kappa shape index (κ2) is 22.5. The lowest BCUT2D eigenvalue weighted by Crippen LogP contribution is -2.54. The molecule has 406 valence electrons. The van der Waals surface area contributed by atoms with Gasteiger partial charge in [0, 0.05) is 113 Å². The number of para-hydroxylation sites is 1. The Kier molecular flexibility index (Phi) is 15.2. The second-order valence-electron chi connectivity index (χ2n) is 22.6. The van der Waals surface area contributed by atoms with Crippen LogP contribution in [0.4, 0.5) is 23.0 Å². The predicted molar refractivity (Wildman–Crippen MR) is 290 cm³/mol. The number of rotatable bonds is 16. The van der Waals surface area contributed by atoms with Crippen LogP contribution in [-0.4, -0.2) is 147 Å². The number of nitrogens with two attached hydrogens (primary N) is 1. The van der Waals surface area contributed by atoms with Gasteiger partial charge in [-0.2, -0.15) is 5.26 Å². The van der Waals surface area contributed by atoms with Crippen LogP contribution in [0.25, 0.3) is 11.3 Å². The van der Waals surface area contributed by atoms with E-state index < -0.39 is 18.1 Å². The van der Waals surface area contributed by atoms with Crippen molar-refractivity contribution in [3.8, 4) is 29.0 Å². The number of nitrogens with zero attached hydrogens (tertiary/aromatic N) is 10. The second-order valence-corrected chi connectivity index (χ2v) is 22.6. The number of anilines is 4. The van der Waals surface area contributed by atoms with E-state index in [1.165, 1.54) is 4.90 Å². The molecule has 8 heterocycles. The zero-order chi connectivity index (χ0) is 53.3. The average molecular weight is 1050 g/mol. The molecule has 19 heteroatoms. The molecule has 1 unspecified atom stereocenters. The van der Waals surface area contributed by atoms with Gasteiger partial charge in [-0.3, -0.25) is 9.59 Å². The smallest absolute Gasteiger partial charge is 0.243 e. The van der Waals surface area contributed by atoms with Gasteiger partial charge in [-0.1, -0.05) is 43.3 Å². The van der Waals surface area contributed by atoms with Crippen LogP contribution in [-0.2, 0) is 14.3 Å². The molecule has 0 radical (unpaired) electrons. The number of fused-ring (bicyclic) bond motifs is 2. The van der Waals surface area contributed by atoms with Crippen LogP contribution >= 0.6 is 0 Å². The lowest BCUT2D eigenvalue weighted by atomic mass is 9.91. The minimum atomic E-state index is -0.825. The minimum Gasteiger partial charge on any atom is -0.507 e. The van der Waals surface area contributed by atoms with Gasteiger partial charge in [-0.25, -0.2) is 4.98 Å². The fourth-order valence-corrected chi connectivity index (χ4v) is 12.8. The first kappa shape index (κ1) is 52.1. The molecule has 2 amide bonds. The van der Waals surface area contributed by atoms with E-state index >= 15 is 0 Å². The number of nitrogens with one attached hydrogen (secondary N) is 1. The summed E-state index contributed by atoms with van der Waals surface area (Å²) in [6.45, 7) is 12.3. The molecule has 6 aliphatic rings. The van der Waals surface area contributed by atoms with Crippen LogP contribution in [0.3, 0.4) is 0 Å². The number of nitriles is 1. The molecule has 2 bridgehead atoms. The highest BCUT2D eigenvalue weighted by Crippen LogP contribution is 2.41. The summed E-state index contributed by atoms with van der Waals surface area (Å²) < 4.78 is 19.0. The number of ether oxygens (including phenoxy) is 2. The van der Waals surface area contributed by atoms with Gasteiger partial charge < -0.3 is 59.8 Å². The molecule has 5 aromatic rings. The number of phenolic OH excluding ortho intramolecular Hbond substituents is 1. The molecule has 5 saturated heterocycles. The number of phenols is 1. The number of piperidine rings is 2. The highest BCUT2D eigenvalue weighted by molar-refractivity contribution is 5.91. The number of piperazine rings is 1. The number of pyridine rings is 1. The number of benzene rings is 2. The molecule has 6 fully saturated rings. The highest BCUT2D eigenvalue weighted by Gasteiger charge is 2.45. The maximum absolute atomic E-state index is 14.3. The Hall–Kier alpha value is -7.01. The van der Waals surface area contributed by atoms with Crippen LogP contribution in [0.15, 0.2) is 83.5 Å². The molecular weight excluding hydrogens is 977 g/mol. The number of β-amino-alcohol motifs (C(OH)–C–C–N with tert-alkyl or cyclic N) is 1. The zero-order valence-electron chi connectivity index (χ0n) is 44.4. The van der Waals surface area contributed by atoms with Crippen LogP contribution in [0.2, 0.25) is 0 Å². The van der Waals surface area contributed by atoms with E-state index in [-0.39, 0.29) is 60.8 Å². The number of hydrogen-bond donors (Lipinski definition) is 4. The van der Waals surface area contributed by atoms with Gasteiger partial charge in [-0.05, 0) is 99.2 Å². The van der Waals surface area contributed by atoms with E-state index in [9.17, 15) is 25.1 Å². The van der Waals surface area contributed by atoms with Crippen molar-refractivity contribution in [3.05, 3.63) is 95.9 Å². The van der Waals surface area contributed by atoms with E-state index in [0.29, 0.717) is 52.3 Å². The van der Waals surface area contributed by atoms with Gasteiger partial charge in [0.05, 0.1) is 47.4 Å². The number of aromatic hydroxyl groups is 1. The molecule has 5 N–H and O–H groups in total. The van der Waals surface area contributed by atoms with Crippen molar-refractivity contribution in [2.45, 2.75) is 133 Å². The number of likely N-dealkylation sites (tertiary alicyclic amines) is 2. The first-order valence-corrected chi connectivity index (χ1v) is 27.8. The highest BCUT2D eigenvalue weighted by atomic mass is 16.5. The third kappa shape index (κ3) is 11.4. The molecule has 19 nitrogen and oxygen atoms in total. The standard InChI is InChI=1S/C58H72N12O7/c1-35(2)55(58(74)69-34-43(71)25-50(69)57(73)62-36(3)39-10-8-37(30-59)9-11-39)52-29-53(65-77-52)67-22-15-38(16-23-67)31-66-20-17-44(18-21-66)75-45-26-46(27-45)76-54-24-40(14-19-61-54)70-41-12-13-42(70)33-68(32-41)49-28-48(63-64-56(49)60)47-6-4-5-7-51(47)72/h4-11,14,19,24,28-29,35-36,38,41-46,50,55,71-72H,12-13,15-18,20-23,25-27,31-34H2,1-3H3,(H2,60,64)(H,62,73)/t36-,41+,42?,43+,45?,46?,50-,55+/m0/s1. The summed E-state index contributed by atoms with van der Waals surface area (Å²) in [4.78, 5) is 43.7. The van der Waals surface area contributed by atoms with Gasteiger partial charge in [-0.15, -0.1) is 10.2 Å². The normalized spacial score (nSPS) is 24.9. The Bertz CT molecular complexity index is 2900. The lowest BCUT2D eigenvalue weighted by molar-refractivity contribution is -0.141. The third-order valence-electron chi connectivity index (χ3n) is 17.1. The maximum Gasteiger partial charge on any atom is 0.243 e. The van der Waals surface area contributed by atoms with Crippen molar-refractivity contribution in [1.82, 2.24) is 35.5 Å². The number of carbonyl (C=O) groups excluding carboxylic acids is 2. The van der Waals surface area contributed by atoms with Crippen molar-refractivity contribution in [3.63, 3.8) is 0 Å². The fourth-order valence-electron chi connectivity index (χ4n) is 12.8. The van der Waals surface area contributed by atoms with Crippen molar-refractivity contribution in [2.75, 3.05) is 72.8 Å². The number of aliphatic hydroxyl groups excluding tert-OH is 1. The van der Waals surface area contributed by atoms with Crippen LogP contribution < -0.4 is 30.5 Å². The molecule has 5 aliphatic heterocycles. The number of carbonyl (C=O) groups is 2. The summed E-state index contributed by atoms with van der Waals surface area (Å²) in [7, 11) is 0. The first-order chi connectivity index (χ1) is 37.3. The average Bonchev–Trinajstić information content (AvgIpc) is 4.16. The van der Waals surface area contributed by atoms with E-state index in [4.69, 9.17) is 19.7 Å². The van der Waals surface area contributed by atoms with Crippen LogP contribution in [0.5, 0.6) is 11.6 Å². The van der Waals surface area contributed by atoms with E-state index in [2.05, 4.69) is 63.5 Å². The van der Waals surface area contributed by atoms with Crippen LogP contribution in [0, 0.1) is 23.2 Å². The van der Waals surface area contributed by atoms with Crippen molar-refractivity contribution < 1.29 is 33.8 Å². The summed E-state index contributed by atoms with van der Waals surface area (Å²) in [6.07, 6.45) is 9.75. The quantitative estimate of drug-likeness (QED) is 0.0833. The Labute approximate surface area is 450 Å².